The van der Waals surface area contributed by atoms with Crippen molar-refractivity contribution in [3.63, 3.8) is 0 Å². The van der Waals surface area contributed by atoms with Crippen LogP contribution in [0.4, 0.5) is 0 Å². The number of nitrogens with zero attached hydrogens (tertiary/aromatic N) is 2. The van der Waals surface area contributed by atoms with Gasteiger partial charge >= 0.3 is 0 Å². The number of halogens is 1. The number of benzene rings is 2. The topological polar surface area (TPSA) is 54.4 Å². The van der Waals surface area contributed by atoms with E-state index in [1.807, 2.05) is 26.0 Å². The molecule has 2 fully saturated rings. The highest BCUT2D eigenvalue weighted by atomic mass is 35.5. The van der Waals surface area contributed by atoms with Gasteiger partial charge < -0.3 is 19.3 Å². The Morgan fingerprint density at radius 3 is 2.21 bits per heavy atom. The zero-order valence-corrected chi connectivity index (χ0v) is 21.1. The molecule has 2 heterocycles. The molecule has 2 saturated heterocycles. The zero-order chi connectivity index (χ0) is 24.0. The first kappa shape index (κ1) is 25.3. The second kappa shape index (κ2) is 11.7. The van der Waals surface area contributed by atoms with E-state index in [0.29, 0.717) is 26.1 Å². The number of hydrogen-bond acceptors (Lipinski definition) is 6. The van der Waals surface area contributed by atoms with Crippen LogP contribution in [0.3, 0.4) is 0 Å². The van der Waals surface area contributed by atoms with Crippen molar-refractivity contribution >= 4 is 11.6 Å². The number of rotatable bonds is 9. The summed E-state index contributed by atoms with van der Waals surface area (Å²) in [6.45, 7) is 12.0. The summed E-state index contributed by atoms with van der Waals surface area (Å²) in [7, 11) is 0. The van der Waals surface area contributed by atoms with Crippen molar-refractivity contribution in [2.75, 3.05) is 59.2 Å². The molecule has 34 heavy (non-hydrogen) atoms. The summed E-state index contributed by atoms with van der Waals surface area (Å²) < 4.78 is 17.2. The van der Waals surface area contributed by atoms with Gasteiger partial charge in [-0.05, 0) is 67.6 Å². The fourth-order valence-electron chi connectivity index (χ4n) is 4.55. The van der Waals surface area contributed by atoms with Crippen molar-refractivity contribution in [2.24, 2.45) is 0 Å². The minimum absolute atomic E-state index is 0.303. The van der Waals surface area contributed by atoms with Crippen molar-refractivity contribution in [1.29, 1.82) is 0 Å². The third-order valence-corrected chi connectivity index (χ3v) is 7.41. The van der Waals surface area contributed by atoms with Crippen LogP contribution in [-0.2, 0) is 11.3 Å². The summed E-state index contributed by atoms with van der Waals surface area (Å²) in [6.07, 6.45) is 1.39. The number of aryl methyl sites for hydroxylation is 2. The second-order valence-electron chi connectivity index (χ2n) is 9.61. The van der Waals surface area contributed by atoms with E-state index >= 15 is 0 Å². The molecule has 0 amide bonds. The minimum atomic E-state index is -0.796. The van der Waals surface area contributed by atoms with Crippen molar-refractivity contribution in [3.05, 3.63) is 58.1 Å². The van der Waals surface area contributed by atoms with Gasteiger partial charge in [0.1, 0.15) is 30.3 Å². The molecule has 0 radical (unpaired) electrons. The Kier molecular flexibility index (Phi) is 8.72. The van der Waals surface area contributed by atoms with E-state index in [4.69, 9.17) is 25.8 Å². The quantitative estimate of drug-likeness (QED) is 0.574. The maximum absolute atomic E-state index is 11.0. The highest BCUT2D eigenvalue weighted by molar-refractivity contribution is 6.32. The minimum Gasteiger partial charge on any atom is -0.492 e. The lowest BCUT2D eigenvalue weighted by Gasteiger charge is -2.38. The molecular formula is C27H37ClN2O4. The molecule has 0 saturated carbocycles. The molecule has 2 aliphatic heterocycles. The molecule has 2 aromatic rings. The SMILES string of the molecule is Cc1cc(OCC2(O)CCN(Cc3ccc(OCCN4CCOCC4)cc3)CC2)cc(C)c1Cl. The lowest BCUT2D eigenvalue weighted by molar-refractivity contribution is -0.0537. The van der Waals surface area contributed by atoms with Gasteiger partial charge in [0.25, 0.3) is 0 Å². The molecule has 0 atom stereocenters. The van der Waals surface area contributed by atoms with Crippen LogP contribution in [0.2, 0.25) is 5.02 Å². The molecule has 186 valence electrons. The predicted octanol–water partition coefficient (Wildman–Crippen LogP) is 4.07. The van der Waals surface area contributed by atoms with E-state index in [9.17, 15) is 5.11 Å². The van der Waals surface area contributed by atoms with Gasteiger partial charge in [-0.25, -0.2) is 0 Å². The summed E-state index contributed by atoms with van der Waals surface area (Å²) >= 11 is 6.25. The van der Waals surface area contributed by atoms with Crippen LogP contribution < -0.4 is 9.47 Å². The molecule has 1 N–H and O–H groups in total. The summed E-state index contributed by atoms with van der Waals surface area (Å²) in [6, 6.07) is 12.3. The fourth-order valence-corrected chi connectivity index (χ4v) is 4.65. The van der Waals surface area contributed by atoms with E-state index in [2.05, 4.69) is 34.1 Å². The molecule has 4 rings (SSSR count). The monoisotopic (exact) mass is 488 g/mol. The summed E-state index contributed by atoms with van der Waals surface area (Å²) in [5.41, 5.74) is 2.45. The number of hydrogen-bond donors (Lipinski definition) is 1. The Hall–Kier alpha value is -1.83. The van der Waals surface area contributed by atoms with Crippen LogP contribution in [0.1, 0.15) is 29.5 Å². The second-order valence-corrected chi connectivity index (χ2v) is 9.98. The molecule has 0 spiro atoms. The van der Waals surface area contributed by atoms with Crippen LogP contribution in [0.25, 0.3) is 0 Å². The number of piperidine rings is 1. The predicted molar refractivity (Wildman–Crippen MR) is 135 cm³/mol. The van der Waals surface area contributed by atoms with Crippen LogP contribution >= 0.6 is 11.6 Å². The molecule has 2 aliphatic rings. The standard InChI is InChI=1S/C27H37ClN2O4/c1-21-17-25(18-22(2)26(21)28)34-20-27(31)7-9-30(10-8-27)19-23-3-5-24(6-4-23)33-16-13-29-11-14-32-15-12-29/h3-6,17-18,31H,7-16,19-20H2,1-2H3. The number of morpholine rings is 1. The van der Waals surface area contributed by atoms with E-state index < -0.39 is 5.60 Å². The first-order chi connectivity index (χ1) is 16.4. The van der Waals surface area contributed by atoms with Gasteiger partial charge in [0.2, 0.25) is 0 Å². The highest BCUT2D eigenvalue weighted by Crippen LogP contribution is 2.29. The average Bonchev–Trinajstić information content (AvgIpc) is 2.84. The van der Waals surface area contributed by atoms with E-state index in [-0.39, 0.29) is 0 Å². The Morgan fingerprint density at radius 1 is 0.912 bits per heavy atom. The molecule has 0 aliphatic carbocycles. The third kappa shape index (κ3) is 7.09. The molecule has 2 aromatic carbocycles. The Balaban J connectivity index is 1.18. The number of aliphatic hydroxyl groups is 1. The molecular weight excluding hydrogens is 452 g/mol. The maximum Gasteiger partial charge on any atom is 0.120 e. The van der Waals surface area contributed by atoms with Gasteiger partial charge in [0.15, 0.2) is 0 Å². The molecule has 7 heteroatoms. The highest BCUT2D eigenvalue weighted by Gasteiger charge is 2.33. The van der Waals surface area contributed by atoms with Gasteiger partial charge in [0, 0.05) is 44.3 Å². The smallest absolute Gasteiger partial charge is 0.120 e. The zero-order valence-electron chi connectivity index (χ0n) is 20.4. The first-order valence-corrected chi connectivity index (χ1v) is 12.6. The number of likely N-dealkylation sites (tertiary alicyclic amines) is 1. The number of ether oxygens (including phenoxy) is 3. The molecule has 6 nitrogen and oxygen atoms in total. The van der Waals surface area contributed by atoms with Crippen LogP contribution in [-0.4, -0.2) is 79.7 Å². The van der Waals surface area contributed by atoms with Gasteiger partial charge in [-0.15, -0.1) is 0 Å². The van der Waals surface area contributed by atoms with E-state index in [1.165, 1.54) is 5.56 Å². The summed E-state index contributed by atoms with van der Waals surface area (Å²) in [5, 5.41) is 11.8. The molecule has 0 unspecified atom stereocenters. The van der Waals surface area contributed by atoms with E-state index in [0.717, 1.165) is 80.1 Å². The average molecular weight is 489 g/mol. The van der Waals surface area contributed by atoms with Crippen LogP contribution in [0, 0.1) is 13.8 Å². The Labute approximate surface area is 208 Å². The van der Waals surface area contributed by atoms with Crippen LogP contribution in [0.5, 0.6) is 11.5 Å². The van der Waals surface area contributed by atoms with Gasteiger partial charge in [-0.3, -0.25) is 9.80 Å². The van der Waals surface area contributed by atoms with Crippen LogP contribution in [0.15, 0.2) is 36.4 Å². The van der Waals surface area contributed by atoms with Gasteiger partial charge in [-0.1, -0.05) is 23.7 Å². The maximum atomic E-state index is 11.0. The Bertz CT molecular complexity index is 900. The third-order valence-electron chi connectivity index (χ3n) is 6.81. The Morgan fingerprint density at radius 2 is 1.56 bits per heavy atom. The lowest BCUT2D eigenvalue weighted by Crippen LogP contribution is -2.47. The molecule has 0 bridgehead atoms. The van der Waals surface area contributed by atoms with Crippen molar-refractivity contribution in [3.8, 4) is 11.5 Å². The largest absolute Gasteiger partial charge is 0.492 e. The van der Waals surface area contributed by atoms with E-state index in [1.54, 1.807) is 0 Å². The van der Waals surface area contributed by atoms with Crippen molar-refractivity contribution in [2.45, 2.75) is 38.8 Å². The first-order valence-electron chi connectivity index (χ1n) is 12.3. The summed E-state index contributed by atoms with van der Waals surface area (Å²) in [4.78, 5) is 4.76. The fraction of sp³-hybridized carbons (Fsp3) is 0.556. The van der Waals surface area contributed by atoms with Gasteiger partial charge in [0.05, 0.1) is 13.2 Å². The summed E-state index contributed by atoms with van der Waals surface area (Å²) in [5.74, 6) is 1.68. The normalized spacial score (nSPS) is 19.2. The van der Waals surface area contributed by atoms with Crippen molar-refractivity contribution < 1.29 is 19.3 Å². The molecule has 0 aromatic heterocycles. The van der Waals surface area contributed by atoms with Gasteiger partial charge in [-0.2, -0.15) is 0 Å². The van der Waals surface area contributed by atoms with Crippen molar-refractivity contribution in [1.82, 2.24) is 9.80 Å². The lowest BCUT2D eigenvalue weighted by atomic mass is 9.92.